The first kappa shape index (κ1) is 24.4. The van der Waals surface area contributed by atoms with E-state index in [0.29, 0.717) is 24.2 Å². The quantitative estimate of drug-likeness (QED) is 0.598. The monoisotopic (exact) mass is 319 g/mol. The molecule has 5 heteroatoms. The Kier molecular flexibility index (Phi) is 21.1. The van der Waals surface area contributed by atoms with Crippen molar-refractivity contribution in [2.75, 3.05) is 28.2 Å². The van der Waals surface area contributed by atoms with E-state index < -0.39 is 0 Å². The Hall–Kier alpha value is 0.359. The average molecular weight is 320 g/mol. The third kappa shape index (κ3) is 18.4. The van der Waals surface area contributed by atoms with Crippen molar-refractivity contribution in [1.29, 1.82) is 0 Å². The van der Waals surface area contributed by atoms with Crippen LogP contribution in [0.15, 0.2) is 0 Å². The van der Waals surface area contributed by atoms with E-state index >= 15 is 0 Å². The molecule has 0 aliphatic rings. The Bertz CT molecular complexity index is 136. The van der Waals surface area contributed by atoms with E-state index in [1.807, 2.05) is 28.2 Å². The Labute approximate surface area is 131 Å². The van der Waals surface area contributed by atoms with Crippen molar-refractivity contribution >= 4 is 0 Å². The molecule has 0 aliphatic heterocycles. The summed E-state index contributed by atoms with van der Waals surface area (Å²) in [4.78, 5) is 0. The minimum absolute atomic E-state index is 0. The zero-order valence-corrected chi connectivity index (χ0v) is 14.8. The number of rotatable bonds is 8. The van der Waals surface area contributed by atoms with Crippen LogP contribution in [0.2, 0.25) is 0 Å². The minimum atomic E-state index is 0. The summed E-state index contributed by atoms with van der Waals surface area (Å²) < 4.78 is 0. The molecule has 0 aliphatic carbocycles. The van der Waals surface area contributed by atoms with Gasteiger partial charge in [-0.3, -0.25) is 0 Å². The fourth-order valence-electron chi connectivity index (χ4n) is 1.41. The normalized spacial score (nSPS) is 16.4. The summed E-state index contributed by atoms with van der Waals surface area (Å²) in [5.74, 6) is 0. The van der Waals surface area contributed by atoms with Gasteiger partial charge in [0.25, 0.3) is 0 Å². The molecule has 4 unspecified atom stereocenters. The van der Waals surface area contributed by atoms with Gasteiger partial charge in [-0.15, -0.1) is 24.2 Å². The van der Waals surface area contributed by atoms with Gasteiger partial charge in [-0.25, -0.2) is 0 Å². The summed E-state index contributed by atoms with van der Waals surface area (Å²) in [6, 6.07) is 1.85. The molecule has 0 saturated carbocycles. The third-order valence-electron chi connectivity index (χ3n) is 3.13. The van der Waals surface area contributed by atoms with Gasteiger partial charge in [-0.1, -0.05) is 40.5 Å². The summed E-state index contributed by atoms with van der Waals surface area (Å²) in [6.45, 7) is 8.45. The second kappa shape index (κ2) is 16.4. The van der Waals surface area contributed by atoms with Crippen LogP contribution in [-0.2, 0) is 17.1 Å². The summed E-state index contributed by atoms with van der Waals surface area (Å²) in [7, 11) is 7.42. The zero-order chi connectivity index (χ0) is 14.6. The van der Waals surface area contributed by atoms with Crippen molar-refractivity contribution in [2.24, 2.45) is 0 Å². The molecule has 0 amide bonds. The van der Waals surface area contributed by atoms with Crippen LogP contribution in [0.5, 0.6) is 0 Å². The van der Waals surface area contributed by atoms with Crippen molar-refractivity contribution in [3.8, 4) is 0 Å². The van der Waals surface area contributed by atoms with Crippen LogP contribution in [0.4, 0.5) is 0 Å². The molecular weight excluding hydrogens is 288 g/mol. The van der Waals surface area contributed by atoms with Gasteiger partial charge in [0.2, 0.25) is 0 Å². The van der Waals surface area contributed by atoms with E-state index in [-0.39, 0.29) is 17.1 Å². The molecule has 19 heavy (non-hydrogen) atoms. The summed E-state index contributed by atoms with van der Waals surface area (Å²) in [5, 5.41) is 16.5. The van der Waals surface area contributed by atoms with E-state index in [9.17, 15) is 0 Å². The molecule has 0 fully saturated rings. The molecule has 0 aromatic rings. The molecule has 0 aromatic carbocycles. The second-order valence-corrected chi connectivity index (χ2v) is 4.90. The molecule has 4 atom stereocenters. The topological polar surface area (TPSA) is 56.4 Å². The summed E-state index contributed by atoms with van der Waals surface area (Å²) in [5.41, 5.74) is 0. The predicted octanol–water partition coefficient (Wildman–Crippen LogP) is 4.32. The molecular formula is C14H32CuN4-4. The van der Waals surface area contributed by atoms with Crippen LogP contribution in [0.25, 0.3) is 21.3 Å². The molecule has 0 spiro atoms. The van der Waals surface area contributed by atoms with Gasteiger partial charge in [0.1, 0.15) is 0 Å². The molecule has 0 N–H and O–H groups in total. The van der Waals surface area contributed by atoms with Gasteiger partial charge < -0.3 is 21.3 Å². The van der Waals surface area contributed by atoms with Crippen molar-refractivity contribution in [3.63, 3.8) is 0 Å². The van der Waals surface area contributed by atoms with Gasteiger partial charge in [0.15, 0.2) is 0 Å². The van der Waals surface area contributed by atoms with Crippen LogP contribution in [0.1, 0.15) is 40.5 Å². The van der Waals surface area contributed by atoms with Gasteiger partial charge in [0.05, 0.1) is 0 Å². The van der Waals surface area contributed by atoms with Crippen LogP contribution in [0.3, 0.4) is 0 Å². The first-order chi connectivity index (χ1) is 8.40. The SMILES string of the molecule is C[N-]C(C)CC(C)[N-]C.C[N-]C(C)CC(C)[N-]C.[Cu]. The third-order valence-corrected chi connectivity index (χ3v) is 3.13. The maximum absolute atomic E-state index is 4.12. The van der Waals surface area contributed by atoms with Crippen molar-refractivity contribution < 1.29 is 17.1 Å². The summed E-state index contributed by atoms with van der Waals surface area (Å²) >= 11 is 0. The van der Waals surface area contributed by atoms with Gasteiger partial charge >= 0.3 is 0 Å². The molecule has 0 bridgehead atoms. The van der Waals surface area contributed by atoms with Gasteiger partial charge in [-0.05, 0) is 0 Å². The Morgan fingerprint density at radius 2 is 0.684 bits per heavy atom. The van der Waals surface area contributed by atoms with E-state index in [2.05, 4.69) is 49.0 Å². The fraction of sp³-hybridized carbons (Fsp3) is 1.00. The van der Waals surface area contributed by atoms with Crippen molar-refractivity contribution in [1.82, 2.24) is 0 Å². The zero-order valence-electron chi connectivity index (χ0n) is 13.8. The molecule has 1 radical (unpaired) electrons. The van der Waals surface area contributed by atoms with Crippen LogP contribution >= 0.6 is 0 Å². The maximum atomic E-state index is 4.12. The number of nitrogens with zero attached hydrogens (tertiary/aromatic N) is 4. The fourth-order valence-corrected chi connectivity index (χ4v) is 1.41. The van der Waals surface area contributed by atoms with E-state index in [4.69, 9.17) is 0 Å². The molecule has 0 rings (SSSR count). The molecule has 0 saturated heterocycles. The Morgan fingerprint density at radius 3 is 0.789 bits per heavy atom. The van der Waals surface area contributed by atoms with Crippen LogP contribution in [0, 0.1) is 0 Å². The van der Waals surface area contributed by atoms with E-state index in [1.165, 1.54) is 0 Å². The average Bonchev–Trinajstić information content (AvgIpc) is 2.38. The van der Waals surface area contributed by atoms with Crippen molar-refractivity contribution in [3.05, 3.63) is 21.3 Å². The van der Waals surface area contributed by atoms with Gasteiger partial charge in [0, 0.05) is 17.1 Å². The standard InChI is InChI=1S/2C7H16N2.Cu/c2*1-6(8-3)5-7(2)9-4;/h2*6-7H,5H2,1-4H3;/q2*-2;. The minimum Gasteiger partial charge on any atom is -0.663 e. The molecule has 4 nitrogen and oxygen atoms in total. The Balaban J connectivity index is -0.000000256. The van der Waals surface area contributed by atoms with E-state index in [1.54, 1.807) is 0 Å². The van der Waals surface area contributed by atoms with Crippen LogP contribution in [-0.4, -0.2) is 52.4 Å². The molecule has 0 aromatic heterocycles. The molecule has 123 valence electrons. The predicted molar refractivity (Wildman–Crippen MR) is 84.2 cm³/mol. The van der Waals surface area contributed by atoms with Gasteiger partial charge in [-0.2, -0.15) is 28.2 Å². The first-order valence-corrected chi connectivity index (χ1v) is 6.76. The Morgan fingerprint density at radius 1 is 0.526 bits per heavy atom. The second-order valence-electron chi connectivity index (χ2n) is 4.90. The van der Waals surface area contributed by atoms with Crippen molar-refractivity contribution in [2.45, 2.75) is 64.7 Å². The number of hydrogen-bond acceptors (Lipinski definition) is 0. The molecule has 0 heterocycles. The van der Waals surface area contributed by atoms with E-state index in [0.717, 1.165) is 12.8 Å². The number of hydrogen-bond donors (Lipinski definition) is 0. The smallest absolute Gasteiger partial charge is 0 e. The first-order valence-electron chi connectivity index (χ1n) is 6.76. The van der Waals surface area contributed by atoms with Crippen LogP contribution < -0.4 is 0 Å². The summed E-state index contributed by atoms with van der Waals surface area (Å²) in [6.07, 6.45) is 2.15. The largest absolute Gasteiger partial charge is 0.663 e. The maximum Gasteiger partial charge on any atom is 0 e.